The molecular weight excluding hydrogens is 302 g/mol. The van der Waals surface area contributed by atoms with Gasteiger partial charge in [-0.1, -0.05) is 43.3 Å². The van der Waals surface area contributed by atoms with Crippen LogP contribution in [-0.4, -0.2) is 29.8 Å². The van der Waals surface area contributed by atoms with Crippen LogP contribution in [0.25, 0.3) is 0 Å². The minimum Gasteiger partial charge on any atom is -0.508 e. The van der Waals surface area contributed by atoms with E-state index in [-0.39, 0.29) is 5.41 Å². The Labute approximate surface area is 143 Å². The summed E-state index contributed by atoms with van der Waals surface area (Å²) < 4.78 is 0. The highest BCUT2D eigenvalue weighted by Crippen LogP contribution is 2.18. The lowest BCUT2D eigenvalue weighted by Crippen LogP contribution is -2.45. The van der Waals surface area contributed by atoms with Crippen LogP contribution in [0.1, 0.15) is 18.1 Å². The third-order valence-electron chi connectivity index (χ3n) is 4.21. The van der Waals surface area contributed by atoms with Crippen LogP contribution in [0.3, 0.4) is 0 Å². The predicted molar refractivity (Wildman–Crippen MR) is 96.8 cm³/mol. The average Bonchev–Trinajstić information content (AvgIpc) is 2.58. The highest BCUT2D eigenvalue weighted by atomic mass is 16.3. The third-order valence-corrected chi connectivity index (χ3v) is 4.21. The van der Waals surface area contributed by atoms with Crippen molar-refractivity contribution in [3.63, 3.8) is 0 Å². The largest absolute Gasteiger partial charge is 0.508 e. The maximum atomic E-state index is 9.79. The number of para-hydroxylation sites is 2. The molecule has 0 fully saturated rings. The zero-order valence-corrected chi connectivity index (χ0v) is 14.1. The molecule has 0 atom stereocenters. The molecule has 0 heterocycles. The van der Waals surface area contributed by atoms with E-state index < -0.39 is 0 Å². The second-order valence-corrected chi connectivity index (χ2v) is 6.48. The first kappa shape index (κ1) is 18.3. The Bertz CT molecular complexity index is 595. The maximum absolute atomic E-state index is 9.79. The van der Waals surface area contributed by atoms with Crippen molar-refractivity contribution in [2.75, 3.05) is 19.6 Å². The number of nitrogens with two attached hydrogens (primary N) is 1. The van der Waals surface area contributed by atoms with Gasteiger partial charge in [-0.3, -0.25) is 0 Å². The zero-order valence-electron chi connectivity index (χ0n) is 14.1. The van der Waals surface area contributed by atoms with Gasteiger partial charge in [0.05, 0.1) is 0 Å². The molecule has 0 amide bonds. The van der Waals surface area contributed by atoms with Gasteiger partial charge in [0.2, 0.25) is 0 Å². The van der Waals surface area contributed by atoms with Crippen LogP contribution in [0.4, 0.5) is 0 Å². The second-order valence-electron chi connectivity index (χ2n) is 6.48. The van der Waals surface area contributed by atoms with E-state index in [2.05, 4.69) is 17.6 Å². The fourth-order valence-corrected chi connectivity index (χ4v) is 2.53. The first-order valence-corrected chi connectivity index (χ1v) is 8.19. The summed E-state index contributed by atoms with van der Waals surface area (Å²) in [4.78, 5) is 0. The summed E-state index contributed by atoms with van der Waals surface area (Å²) in [5.41, 5.74) is 7.58. The summed E-state index contributed by atoms with van der Waals surface area (Å²) in [6, 6.07) is 14.6. The second kappa shape index (κ2) is 8.68. The van der Waals surface area contributed by atoms with Crippen molar-refractivity contribution in [2.24, 2.45) is 11.1 Å². The lowest BCUT2D eigenvalue weighted by Gasteiger charge is -2.29. The molecule has 24 heavy (non-hydrogen) atoms. The van der Waals surface area contributed by atoms with E-state index in [9.17, 15) is 10.2 Å². The van der Waals surface area contributed by atoms with Crippen molar-refractivity contribution in [1.82, 2.24) is 10.6 Å². The highest BCUT2D eigenvalue weighted by Gasteiger charge is 2.22. The molecule has 0 saturated carbocycles. The molecule has 2 rings (SSSR count). The molecular formula is C19H27N3O2. The van der Waals surface area contributed by atoms with Crippen LogP contribution >= 0.6 is 0 Å². The quantitative estimate of drug-likeness (QED) is 0.485. The van der Waals surface area contributed by atoms with Gasteiger partial charge in [0.25, 0.3) is 0 Å². The van der Waals surface area contributed by atoms with E-state index in [1.54, 1.807) is 12.1 Å². The summed E-state index contributed by atoms with van der Waals surface area (Å²) in [5.74, 6) is 0.606. The SMILES string of the molecule is CC(CN)(CNCc1ccccc1O)CNCc1ccccc1O. The Morgan fingerprint density at radius 2 is 1.25 bits per heavy atom. The number of aromatic hydroxyl groups is 2. The summed E-state index contributed by atoms with van der Waals surface area (Å²) in [6.07, 6.45) is 0. The number of hydrogen-bond donors (Lipinski definition) is 5. The summed E-state index contributed by atoms with van der Waals surface area (Å²) >= 11 is 0. The molecule has 0 saturated heterocycles. The van der Waals surface area contributed by atoms with Gasteiger partial charge in [-0.2, -0.15) is 0 Å². The van der Waals surface area contributed by atoms with Crippen LogP contribution in [0.2, 0.25) is 0 Å². The Morgan fingerprint density at radius 1 is 0.833 bits per heavy atom. The number of rotatable bonds is 9. The molecule has 0 bridgehead atoms. The molecule has 0 spiro atoms. The molecule has 0 aliphatic heterocycles. The fraction of sp³-hybridized carbons (Fsp3) is 0.368. The fourth-order valence-electron chi connectivity index (χ4n) is 2.53. The molecule has 130 valence electrons. The first-order valence-electron chi connectivity index (χ1n) is 8.19. The van der Waals surface area contributed by atoms with E-state index in [4.69, 9.17) is 5.73 Å². The van der Waals surface area contributed by atoms with Crippen molar-refractivity contribution in [3.05, 3.63) is 59.7 Å². The molecule has 0 aliphatic rings. The molecule has 0 unspecified atom stereocenters. The number of phenolic OH excluding ortho intramolecular Hbond substituents is 2. The van der Waals surface area contributed by atoms with Gasteiger partial charge in [-0.25, -0.2) is 0 Å². The number of nitrogens with one attached hydrogen (secondary N) is 2. The first-order chi connectivity index (χ1) is 11.5. The topological polar surface area (TPSA) is 90.5 Å². The molecule has 2 aromatic rings. The van der Waals surface area contributed by atoms with Crippen molar-refractivity contribution in [1.29, 1.82) is 0 Å². The molecule has 5 nitrogen and oxygen atoms in total. The van der Waals surface area contributed by atoms with Crippen LogP contribution < -0.4 is 16.4 Å². The Balaban J connectivity index is 1.80. The number of benzene rings is 2. The van der Waals surface area contributed by atoms with Gasteiger partial charge in [0.15, 0.2) is 0 Å². The monoisotopic (exact) mass is 329 g/mol. The Morgan fingerprint density at radius 3 is 1.62 bits per heavy atom. The molecule has 6 N–H and O–H groups in total. The lowest BCUT2D eigenvalue weighted by atomic mass is 9.90. The van der Waals surface area contributed by atoms with Gasteiger partial charge in [0, 0.05) is 49.3 Å². The minimum absolute atomic E-state index is 0.116. The number of hydrogen-bond acceptors (Lipinski definition) is 5. The van der Waals surface area contributed by atoms with E-state index in [0.717, 1.165) is 24.2 Å². The molecule has 2 aromatic carbocycles. The standard InChI is InChI=1S/C19H27N3O2/c1-19(12-20,13-21-10-15-6-2-4-8-17(15)23)14-22-11-16-7-3-5-9-18(16)24/h2-9,21-24H,10-14,20H2,1H3. The summed E-state index contributed by atoms with van der Waals surface area (Å²) in [5, 5.41) is 26.3. The molecule has 0 radical (unpaired) electrons. The van der Waals surface area contributed by atoms with Gasteiger partial charge in [-0.05, 0) is 12.1 Å². The van der Waals surface area contributed by atoms with Crippen LogP contribution in [0.5, 0.6) is 11.5 Å². The van der Waals surface area contributed by atoms with Crippen LogP contribution in [-0.2, 0) is 13.1 Å². The van der Waals surface area contributed by atoms with E-state index >= 15 is 0 Å². The molecule has 0 aromatic heterocycles. The number of phenols is 2. The average molecular weight is 329 g/mol. The van der Waals surface area contributed by atoms with Gasteiger partial charge in [-0.15, -0.1) is 0 Å². The van der Waals surface area contributed by atoms with E-state index in [1.807, 2.05) is 36.4 Å². The summed E-state index contributed by atoms with van der Waals surface area (Å²) in [6.45, 7) is 5.30. The lowest BCUT2D eigenvalue weighted by molar-refractivity contribution is 0.295. The zero-order chi connectivity index (χ0) is 17.4. The normalized spacial score (nSPS) is 11.6. The minimum atomic E-state index is -0.116. The van der Waals surface area contributed by atoms with Crippen molar-refractivity contribution in [3.8, 4) is 11.5 Å². The van der Waals surface area contributed by atoms with Gasteiger partial charge >= 0.3 is 0 Å². The highest BCUT2D eigenvalue weighted by molar-refractivity contribution is 5.32. The summed E-state index contributed by atoms with van der Waals surface area (Å²) in [7, 11) is 0. The van der Waals surface area contributed by atoms with Gasteiger partial charge in [0.1, 0.15) is 11.5 Å². The van der Waals surface area contributed by atoms with Crippen molar-refractivity contribution < 1.29 is 10.2 Å². The van der Waals surface area contributed by atoms with Crippen molar-refractivity contribution >= 4 is 0 Å². The Kier molecular flexibility index (Phi) is 6.61. The Hall–Kier alpha value is -2.08. The molecule has 0 aliphatic carbocycles. The maximum Gasteiger partial charge on any atom is 0.120 e. The third kappa shape index (κ3) is 5.23. The van der Waals surface area contributed by atoms with Gasteiger partial charge < -0.3 is 26.6 Å². The van der Waals surface area contributed by atoms with Crippen LogP contribution in [0.15, 0.2) is 48.5 Å². The molecule has 5 heteroatoms. The van der Waals surface area contributed by atoms with Crippen molar-refractivity contribution in [2.45, 2.75) is 20.0 Å². The predicted octanol–water partition coefficient (Wildman–Crippen LogP) is 1.94. The smallest absolute Gasteiger partial charge is 0.120 e. The van der Waals surface area contributed by atoms with E-state index in [0.29, 0.717) is 31.1 Å². The van der Waals surface area contributed by atoms with Crippen LogP contribution in [0, 0.1) is 5.41 Å². The van der Waals surface area contributed by atoms with E-state index in [1.165, 1.54) is 0 Å².